The second kappa shape index (κ2) is 8.97. The molecule has 29 heavy (non-hydrogen) atoms. The van der Waals surface area contributed by atoms with Gasteiger partial charge in [-0.15, -0.1) is 0 Å². The van der Waals surface area contributed by atoms with Crippen LogP contribution >= 0.6 is 11.6 Å². The van der Waals surface area contributed by atoms with Crippen LogP contribution in [0.4, 0.5) is 4.79 Å². The van der Waals surface area contributed by atoms with Crippen LogP contribution in [0.1, 0.15) is 12.8 Å². The molecule has 0 aromatic heterocycles. The van der Waals surface area contributed by atoms with E-state index in [2.05, 4.69) is 4.72 Å². The zero-order chi connectivity index (χ0) is 20.9. The molecular weight excluding hydrogens is 424 g/mol. The van der Waals surface area contributed by atoms with Gasteiger partial charge in [-0.1, -0.05) is 11.6 Å². The molecule has 1 heterocycles. The second-order valence-electron chi connectivity index (χ2n) is 6.28. The molecular formula is C18H19ClN2O7S. The summed E-state index contributed by atoms with van der Waals surface area (Å²) in [6, 6.07) is 12.4. The summed E-state index contributed by atoms with van der Waals surface area (Å²) < 4.78 is 43.9. The lowest BCUT2D eigenvalue weighted by molar-refractivity contribution is -0.104. The third kappa shape index (κ3) is 5.58. The van der Waals surface area contributed by atoms with Crippen molar-refractivity contribution >= 4 is 27.7 Å². The molecule has 0 bridgehead atoms. The maximum atomic E-state index is 12.8. The standard InChI is InChI=1S/C18H19ClN2O7S/c19-13-2-4-14(5-3-13)27-15-6-8-16(9-7-15)29(24,25)21-18(28-17(22)20-23)10-1-11-26-12-18/h2-9,21,23H,1,10-12H2,(H,20,22). The van der Waals surface area contributed by atoms with Gasteiger partial charge in [-0.3, -0.25) is 5.21 Å². The molecule has 11 heteroatoms. The lowest BCUT2D eigenvalue weighted by atomic mass is 10.1. The first-order chi connectivity index (χ1) is 13.8. The van der Waals surface area contributed by atoms with Crippen LogP contribution in [0.15, 0.2) is 53.4 Å². The summed E-state index contributed by atoms with van der Waals surface area (Å²) in [5.74, 6) is 0.975. The van der Waals surface area contributed by atoms with E-state index in [1.165, 1.54) is 29.7 Å². The summed E-state index contributed by atoms with van der Waals surface area (Å²) in [5, 5.41) is 9.27. The van der Waals surface area contributed by atoms with E-state index in [4.69, 9.17) is 31.0 Å². The van der Waals surface area contributed by atoms with Crippen molar-refractivity contribution in [2.75, 3.05) is 13.2 Å². The van der Waals surface area contributed by atoms with E-state index in [1.807, 2.05) is 0 Å². The predicted molar refractivity (Wildman–Crippen MR) is 102 cm³/mol. The first-order valence-corrected chi connectivity index (χ1v) is 10.5. The summed E-state index contributed by atoms with van der Waals surface area (Å²) in [5.41, 5.74) is -0.302. The predicted octanol–water partition coefficient (Wildman–Crippen LogP) is 3.03. The van der Waals surface area contributed by atoms with Crippen LogP contribution in [0.2, 0.25) is 5.02 Å². The number of carbonyl (C=O) groups excluding carboxylic acids is 1. The molecule has 0 saturated carbocycles. The van der Waals surface area contributed by atoms with Gasteiger partial charge in [-0.25, -0.2) is 18.7 Å². The number of benzene rings is 2. The van der Waals surface area contributed by atoms with Crippen LogP contribution in [-0.4, -0.2) is 38.7 Å². The van der Waals surface area contributed by atoms with Gasteiger partial charge in [0, 0.05) is 18.1 Å². The van der Waals surface area contributed by atoms with E-state index in [0.717, 1.165) is 0 Å². The molecule has 1 aliphatic rings. The molecule has 1 atom stereocenters. The van der Waals surface area contributed by atoms with Gasteiger partial charge in [0.25, 0.3) is 0 Å². The molecule has 1 amide bonds. The molecule has 1 fully saturated rings. The molecule has 2 aromatic carbocycles. The van der Waals surface area contributed by atoms with Crippen molar-refractivity contribution in [1.82, 2.24) is 10.2 Å². The molecule has 1 saturated heterocycles. The maximum Gasteiger partial charge on any atom is 0.432 e. The van der Waals surface area contributed by atoms with Crippen LogP contribution < -0.4 is 14.9 Å². The molecule has 3 N–H and O–H groups in total. The van der Waals surface area contributed by atoms with Crippen LogP contribution in [0.5, 0.6) is 11.5 Å². The van der Waals surface area contributed by atoms with Crippen molar-refractivity contribution in [2.45, 2.75) is 23.5 Å². The minimum Gasteiger partial charge on any atom is -0.457 e. The van der Waals surface area contributed by atoms with Gasteiger partial charge < -0.3 is 14.2 Å². The Morgan fingerprint density at radius 2 is 1.72 bits per heavy atom. The fraction of sp³-hybridized carbons (Fsp3) is 0.278. The summed E-state index contributed by atoms with van der Waals surface area (Å²) in [6.07, 6.45) is -0.531. The Balaban J connectivity index is 1.75. The summed E-state index contributed by atoms with van der Waals surface area (Å²) in [6.45, 7) is 0.224. The highest BCUT2D eigenvalue weighted by atomic mass is 35.5. The number of sulfonamides is 1. The molecule has 0 radical (unpaired) electrons. The quantitative estimate of drug-likeness (QED) is 0.357. The third-order valence-electron chi connectivity index (χ3n) is 4.09. The minimum atomic E-state index is -4.06. The summed E-state index contributed by atoms with van der Waals surface area (Å²) in [7, 11) is -4.06. The zero-order valence-corrected chi connectivity index (χ0v) is 16.7. The van der Waals surface area contributed by atoms with Gasteiger partial charge in [-0.2, -0.15) is 4.72 Å². The average molecular weight is 443 g/mol. The molecule has 0 spiro atoms. The lowest BCUT2D eigenvalue weighted by Gasteiger charge is -2.36. The Labute approximate surface area is 172 Å². The maximum absolute atomic E-state index is 12.8. The fourth-order valence-corrected chi connectivity index (χ4v) is 4.21. The van der Waals surface area contributed by atoms with Gasteiger partial charge in [-0.05, 0) is 55.0 Å². The number of amides is 1. The van der Waals surface area contributed by atoms with Gasteiger partial charge in [0.15, 0.2) is 0 Å². The van der Waals surface area contributed by atoms with Crippen LogP contribution in [0.25, 0.3) is 0 Å². The van der Waals surface area contributed by atoms with Crippen molar-refractivity contribution in [3.05, 3.63) is 53.6 Å². The van der Waals surface area contributed by atoms with Gasteiger partial charge in [0.2, 0.25) is 15.7 Å². The fourth-order valence-electron chi connectivity index (χ4n) is 2.78. The van der Waals surface area contributed by atoms with E-state index in [1.54, 1.807) is 24.3 Å². The van der Waals surface area contributed by atoms with Gasteiger partial charge >= 0.3 is 6.09 Å². The lowest BCUT2D eigenvalue weighted by Crippen LogP contribution is -2.57. The van der Waals surface area contributed by atoms with Crippen LogP contribution in [0, 0.1) is 0 Å². The first-order valence-electron chi connectivity index (χ1n) is 8.60. The molecule has 0 aliphatic carbocycles. The average Bonchev–Trinajstić information content (AvgIpc) is 2.70. The minimum absolute atomic E-state index is 0.0566. The first kappa shape index (κ1) is 21.3. The number of hydroxylamine groups is 1. The Kier molecular flexibility index (Phi) is 6.60. The van der Waals surface area contributed by atoms with E-state index >= 15 is 0 Å². The number of rotatable bonds is 6. The molecule has 156 valence electrons. The molecule has 9 nitrogen and oxygen atoms in total. The Morgan fingerprint density at radius 1 is 1.10 bits per heavy atom. The SMILES string of the molecule is O=C(NO)OC1(NS(=O)(=O)c2ccc(Oc3ccc(Cl)cc3)cc2)CCCOC1. The summed E-state index contributed by atoms with van der Waals surface area (Å²) >= 11 is 5.83. The second-order valence-corrected chi connectivity index (χ2v) is 8.40. The highest BCUT2D eigenvalue weighted by Crippen LogP contribution is 2.27. The molecule has 1 unspecified atom stereocenters. The van der Waals surface area contributed by atoms with Gasteiger partial charge in [0.05, 0.1) is 4.90 Å². The highest BCUT2D eigenvalue weighted by Gasteiger charge is 2.41. The largest absolute Gasteiger partial charge is 0.457 e. The number of halogens is 1. The normalized spacial score (nSPS) is 19.4. The van der Waals surface area contributed by atoms with Gasteiger partial charge in [0.1, 0.15) is 18.1 Å². The Morgan fingerprint density at radius 3 is 2.28 bits per heavy atom. The van der Waals surface area contributed by atoms with Crippen molar-refractivity contribution < 1.29 is 32.6 Å². The Hall–Kier alpha value is -2.37. The zero-order valence-electron chi connectivity index (χ0n) is 15.1. The van der Waals surface area contributed by atoms with Crippen LogP contribution in [0.3, 0.4) is 0 Å². The number of hydrogen-bond acceptors (Lipinski definition) is 7. The van der Waals surface area contributed by atoms with E-state index in [-0.39, 0.29) is 17.9 Å². The van der Waals surface area contributed by atoms with Crippen molar-refractivity contribution in [2.24, 2.45) is 0 Å². The van der Waals surface area contributed by atoms with E-state index in [0.29, 0.717) is 29.5 Å². The van der Waals surface area contributed by atoms with Crippen molar-refractivity contribution in [3.8, 4) is 11.5 Å². The third-order valence-corrected chi connectivity index (χ3v) is 5.87. The van der Waals surface area contributed by atoms with Crippen molar-refractivity contribution in [1.29, 1.82) is 0 Å². The van der Waals surface area contributed by atoms with Crippen molar-refractivity contribution in [3.63, 3.8) is 0 Å². The number of nitrogens with one attached hydrogen (secondary N) is 2. The van der Waals surface area contributed by atoms with E-state index in [9.17, 15) is 13.2 Å². The summed E-state index contributed by atoms with van der Waals surface area (Å²) in [4.78, 5) is 11.4. The van der Waals surface area contributed by atoms with Crippen LogP contribution in [-0.2, 0) is 19.5 Å². The Bertz CT molecular complexity index is 943. The number of carbonyl (C=O) groups is 1. The monoisotopic (exact) mass is 442 g/mol. The topological polar surface area (TPSA) is 123 Å². The highest BCUT2D eigenvalue weighted by molar-refractivity contribution is 7.89. The van der Waals surface area contributed by atoms with E-state index < -0.39 is 21.8 Å². The molecule has 2 aromatic rings. The molecule has 1 aliphatic heterocycles. The number of hydrogen-bond donors (Lipinski definition) is 3. The number of ether oxygens (including phenoxy) is 3. The smallest absolute Gasteiger partial charge is 0.432 e. The molecule has 3 rings (SSSR count).